The topological polar surface area (TPSA) is 87.3 Å². The van der Waals surface area contributed by atoms with Crippen molar-refractivity contribution in [2.45, 2.75) is 57.6 Å². The van der Waals surface area contributed by atoms with Crippen molar-refractivity contribution in [2.24, 2.45) is 11.7 Å². The first-order chi connectivity index (χ1) is 13.0. The van der Waals surface area contributed by atoms with Crippen molar-refractivity contribution in [3.8, 4) is 5.75 Å². The van der Waals surface area contributed by atoms with Gasteiger partial charge in [0, 0.05) is 23.3 Å². The molecule has 0 aliphatic heterocycles. The number of halogens is 1. The highest BCUT2D eigenvalue weighted by Gasteiger charge is 2.34. The summed E-state index contributed by atoms with van der Waals surface area (Å²) >= 11 is 6.35. The summed E-state index contributed by atoms with van der Waals surface area (Å²) in [6, 6.07) is 11.7. The van der Waals surface area contributed by atoms with Crippen molar-refractivity contribution < 1.29 is 4.74 Å². The number of hydrogen-bond acceptors (Lipinski definition) is 4. The van der Waals surface area contributed by atoms with Gasteiger partial charge in [-0.1, -0.05) is 37.4 Å². The quantitative estimate of drug-likeness (QED) is 0.550. The summed E-state index contributed by atoms with van der Waals surface area (Å²) in [5.74, 6) is 1.03. The van der Waals surface area contributed by atoms with Crippen molar-refractivity contribution in [3.05, 3.63) is 52.5 Å². The van der Waals surface area contributed by atoms with Crippen LogP contribution in [0.5, 0.6) is 5.75 Å². The molecule has 0 bridgehead atoms. The summed E-state index contributed by atoms with van der Waals surface area (Å²) in [5.41, 5.74) is 22.0. The normalized spacial score (nSPS) is 19.7. The molecule has 4 nitrogen and oxygen atoms in total. The van der Waals surface area contributed by atoms with Crippen molar-refractivity contribution in [1.29, 1.82) is 0 Å². The number of anilines is 2. The predicted molar refractivity (Wildman–Crippen MR) is 114 cm³/mol. The number of benzene rings is 2. The summed E-state index contributed by atoms with van der Waals surface area (Å²) in [4.78, 5) is 0. The van der Waals surface area contributed by atoms with Gasteiger partial charge >= 0.3 is 0 Å². The summed E-state index contributed by atoms with van der Waals surface area (Å²) in [6.07, 6.45) is 6.39. The van der Waals surface area contributed by atoms with Crippen LogP contribution < -0.4 is 21.9 Å². The Labute approximate surface area is 167 Å². The second kappa shape index (κ2) is 8.85. The van der Waals surface area contributed by atoms with Gasteiger partial charge in [0.05, 0.1) is 5.02 Å². The Hall–Kier alpha value is -1.91. The standard InChI is InChI=1S/C22H30ClN3O/c1-2-3-4-16(24)6-5-14-11-15-12-17(25)7-9-19(15)22(14)27-21-10-8-18(26)13-20(21)23/h7-10,12-14,16,22H,2-6,11,24-26H2,1H3/t14-,16-,22+/m1/s1. The highest BCUT2D eigenvalue weighted by molar-refractivity contribution is 6.32. The third-order valence-electron chi connectivity index (χ3n) is 5.43. The SMILES string of the molecule is CCCC[C@@H](N)CC[C@@H]1Cc2cc(N)ccc2[C@H]1Oc1ccc(N)cc1Cl. The molecule has 0 spiro atoms. The Bertz CT molecular complexity index is 780. The van der Waals surface area contributed by atoms with Crippen LogP contribution in [0.3, 0.4) is 0 Å². The van der Waals surface area contributed by atoms with Gasteiger partial charge in [-0.2, -0.15) is 0 Å². The van der Waals surface area contributed by atoms with E-state index in [1.54, 1.807) is 6.07 Å². The molecule has 5 heteroatoms. The lowest BCUT2D eigenvalue weighted by Crippen LogP contribution is -2.23. The molecule has 3 atom stereocenters. The molecule has 0 amide bonds. The number of ether oxygens (including phenoxy) is 1. The van der Waals surface area contributed by atoms with Gasteiger partial charge in [0.2, 0.25) is 0 Å². The van der Waals surface area contributed by atoms with E-state index in [1.165, 1.54) is 24.0 Å². The van der Waals surface area contributed by atoms with Gasteiger partial charge in [0.15, 0.2) is 0 Å². The molecule has 1 aliphatic rings. The monoisotopic (exact) mass is 387 g/mol. The number of nitrogen functional groups attached to an aromatic ring is 2. The zero-order valence-electron chi connectivity index (χ0n) is 16.0. The number of unbranched alkanes of at least 4 members (excludes halogenated alkanes) is 1. The molecule has 0 heterocycles. The molecule has 27 heavy (non-hydrogen) atoms. The maximum Gasteiger partial charge on any atom is 0.139 e. The van der Waals surface area contributed by atoms with Crippen LogP contribution in [0.4, 0.5) is 11.4 Å². The molecule has 0 saturated carbocycles. The number of nitrogens with two attached hydrogens (primary N) is 3. The minimum Gasteiger partial charge on any atom is -0.484 e. The zero-order chi connectivity index (χ0) is 19.4. The van der Waals surface area contributed by atoms with E-state index < -0.39 is 0 Å². The van der Waals surface area contributed by atoms with Crippen LogP contribution in [0.15, 0.2) is 36.4 Å². The van der Waals surface area contributed by atoms with E-state index >= 15 is 0 Å². The van der Waals surface area contributed by atoms with Gasteiger partial charge in [0.1, 0.15) is 11.9 Å². The second-order valence-electron chi connectivity index (χ2n) is 7.63. The summed E-state index contributed by atoms with van der Waals surface area (Å²) in [5, 5.41) is 0.539. The minimum atomic E-state index is -0.0416. The largest absolute Gasteiger partial charge is 0.484 e. The Morgan fingerprint density at radius 1 is 1.11 bits per heavy atom. The van der Waals surface area contributed by atoms with E-state index in [1.807, 2.05) is 18.2 Å². The fourth-order valence-corrected chi connectivity index (χ4v) is 4.16. The molecule has 0 saturated heterocycles. The average molecular weight is 388 g/mol. The van der Waals surface area contributed by atoms with E-state index in [-0.39, 0.29) is 12.1 Å². The van der Waals surface area contributed by atoms with Gasteiger partial charge in [0.25, 0.3) is 0 Å². The van der Waals surface area contributed by atoms with Gasteiger partial charge < -0.3 is 21.9 Å². The van der Waals surface area contributed by atoms with Crippen LogP contribution in [0, 0.1) is 5.92 Å². The van der Waals surface area contributed by atoms with E-state index in [4.69, 9.17) is 33.5 Å². The van der Waals surface area contributed by atoms with Gasteiger partial charge in [-0.05, 0) is 67.1 Å². The van der Waals surface area contributed by atoms with Gasteiger partial charge in [-0.3, -0.25) is 0 Å². The smallest absolute Gasteiger partial charge is 0.139 e. The van der Waals surface area contributed by atoms with Crippen molar-refractivity contribution in [1.82, 2.24) is 0 Å². The van der Waals surface area contributed by atoms with E-state index in [2.05, 4.69) is 19.1 Å². The van der Waals surface area contributed by atoms with Crippen LogP contribution in [0.25, 0.3) is 0 Å². The molecule has 6 N–H and O–H groups in total. The predicted octanol–water partition coefficient (Wildman–Crippen LogP) is 5.09. The van der Waals surface area contributed by atoms with Crippen molar-refractivity contribution in [2.75, 3.05) is 11.5 Å². The number of hydrogen-bond donors (Lipinski definition) is 3. The van der Waals surface area contributed by atoms with Crippen LogP contribution >= 0.6 is 11.6 Å². The fraction of sp³-hybridized carbons (Fsp3) is 0.455. The molecule has 0 radical (unpaired) electrons. The summed E-state index contributed by atoms with van der Waals surface area (Å²) in [7, 11) is 0. The van der Waals surface area contributed by atoms with Gasteiger partial charge in [-0.15, -0.1) is 0 Å². The fourth-order valence-electron chi connectivity index (χ4n) is 3.92. The molecule has 3 rings (SSSR count). The third kappa shape index (κ3) is 4.88. The van der Waals surface area contributed by atoms with Crippen LogP contribution in [0.2, 0.25) is 5.02 Å². The van der Waals surface area contributed by atoms with Crippen LogP contribution in [-0.4, -0.2) is 6.04 Å². The minimum absolute atomic E-state index is 0.0416. The van der Waals surface area contributed by atoms with Crippen LogP contribution in [0.1, 0.15) is 56.3 Å². The molecular weight excluding hydrogens is 358 g/mol. The average Bonchev–Trinajstić information content (AvgIpc) is 2.97. The maximum absolute atomic E-state index is 6.38. The van der Waals surface area contributed by atoms with Crippen LogP contribution in [-0.2, 0) is 6.42 Å². The first kappa shape index (κ1) is 19.8. The molecule has 0 aromatic heterocycles. The Balaban J connectivity index is 1.77. The molecular formula is C22H30ClN3O. The summed E-state index contributed by atoms with van der Waals surface area (Å²) in [6.45, 7) is 2.20. The molecule has 1 aliphatic carbocycles. The van der Waals surface area contributed by atoms with Gasteiger partial charge in [-0.25, -0.2) is 0 Å². The molecule has 2 aromatic carbocycles. The lowest BCUT2D eigenvalue weighted by Gasteiger charge is -2.24. The highest BCUT2D eigenvalue weighted by Crippen LogP contribution is 2.44. The molecule has 146 valence electrons. The Kier molecular flexibility index (Phi) is 6.51. The maximum atomic E-state index is 6.38. The van der Waals surface area contributed by atoms with Crippen molar-refractivity contribution >= 4 is 23.0 Å². The lowest BCUT2D eigenvalue weighted by molar-refractivity contribution is 0.141. The lowest BCUT2D eigenvalue weighted by atomic mass is 9.93. The van der Waals surface area contributed by atoms with E-state index in [0.717, 1.165) is 31.4 Å². The van der Waals surface area contributed by atoms with E-state index in [9.17, 15) is 0 Å². The Morgan fingerprint density at radius 3 is 2.59 bits per heavy atom. The molecule has 0 unspecified atom stereocenters. The Morgan fingerprint density at radius 2 is 1.85 bits per heavy atom. The third-order valence-corrected chi connectivity index (χ3v) is 5.73. The van der Waals surface area contributed by atoms with Crippen molar-refractivity contribution in [3.63, 3.8) is 0 Å². The number of fused-ring (bicyclic) bond motifs is 1. The first-order valence-electron chi connectivity index (χ1n) is 9.83. The highest BCUT2D eigenvalue weighted by atomic mass is 35.5. The second-order valence-corrected chi connectivity index (χ2v) is 8.04. The number of rotatable bonds is 8. The molecule has 0 fully saturated rings. The van der Waals surface area contributed by atoms with E-state index in [0.29, 0.717) is 22.4 Å². The molecule has 2 aromatic rings. The zero-order valence-corrected chi connectivity index (χ0v) is 16.7. The summed E-state index contributed by atoms with van der Waals surface area (Å²) < 4.78 is 6.38. The first-order valence-corrected chi connectivity index (χ1v) is 10.2.